The van der Waals surface area contributed by atoms with Crippen LogP contribution in [0.2, 0.25) is 0 Å². The SMILES string of the molecule is COc1ccc(Cc2onc3c2C(=O)CC(C)(C)C3)cn1. The van der Waals surface area contributed by atoms with Gasteiger partial charge in [-0.15, -0.1) is 0 Å². The number of carbonyl (C=O) groups is 1. The molecule has 5 heteroatoms. The van der Waals surface area contributed by atoms with E-state index >= 15 is 0 Å². The van der Waals surface area contributed by atoms with E-state index < -0.39 is 0 Å². The highest BCUT2D eigenvalue weighted by Crippen LogP contribution is 2.36. The summed E-state index contributed by atoms with van der Waals surface area (Å²) >= 11 is 0. The average Bonchev–Trinajstić information content (AvgIpc) is 2.81. The molecule has 0 amide bonds. The number of Topliss-reactive ketones (excluding diaryl/α,β-unsaturated/α-hetero) is 1. The van der Waals surface area contributed by atoms with Crippen molar-refractivity contribution in [2.75, 3.05) is 7.11 Å². The Kier molecular flexibility index (Phi) is 3.27. The van der Waals surface area contributed by atoms with Crippen LogP contribution in [0, 0.1) is 5.41 Å². The molecule has 110 valence electrons. The van der Waals surface area contributed by atoms with Crippen molar-refractivity contribution in [3.8, 4) is 5.88 Å². The van der Waals surface area contributed by atoms with Crippen molar-refractivity contribution in [3.05, 3.63) is 40.9 Å². The highest BCUT2D eigenvalue weighted by molar-refractivity contribution is 5.99. The van der Waals surface area contributed by atoms with Crippen LogP contribution >= 0.6 is 0 Å². The summed E-state index contributed by atoms with van der Waals surface area (Å²) in [7, 11) is 1.58. The van der Waals surface area contributed by atoms with Gasteiger partial charge in [0.1, 0.15) is 0 Å². The molecule has 2 aromatic rings. The molecule has 0 N–H and O–H groups in total. The molecule has 0 atom stereocenters. The minimum absolute atomic E-state index is 0.0418. The summed E-state index contributed by atoms with van der Waals surface area (Å²) in [5.74, 6) is 1.33. The first-order valence-electron chi connectivity index (χ1n) is 6.98. The predicted molar refractivity (Wildman–Crippen MR) is 76.5 cm³/mol. The van der Waals surface area contributed by atoms with Gasteiger partial charge in [0.25, 0.3) is 0 Å². The van der Waals surface area contributed by atoms with E-state index in [1.165, 1.54) is 0 Å². The van der Waals surface area contributed by atoms with E-state index in [2.05, 4.69) is 24.0 Å². The van der Waals surface area contributed by atoms with Crippen molar-refractivity contribution in [1.29, 1.82) is 0 Å². The Morgan fingerprint density at radius 3 is 2.81 bits per heavy atom. The van der Waals surface area contributed by atoms with Crippen LogP contribution in [-0.2, 0) is 12.8 Å². The molecule has 0 saturated carbocycles. The highest BCUT2D eigenvalue weighted by Gasteiger charge is 2.35. The Labute approximate surface area is 123 Å². The molecule has 1 aliphatic rings. The molecule has 2 heterocycles. The minimum atomic E-state index is -0.0418. The van der Waals surface area contributed by atoms with E-state index in [1.54, 1.807) is 19.4 Å². The minimum Gasteiger partial charge on any atom is -0.481 e. The molecular weight excluding hydrogens is 268 g/mol. The molecular formula is C16H18N2O3. The van der Waals surface area contributed by atoms with Gasteiger partial charge in [-0.3, -0.25) is 4.79 Å². The number of hydrogen-bond acceptors (Lipinski definition) is 5. The molecule has 21 heavy (non-hydrogen) atoms. The number of carbonyl (C=O) groups excluding carboxylic acids is 1. The van der Waals surface area contributed by atoms with Gasteiger partial charge in [0.15, 0.2) is 11.5 Å². The Morgan fingerprint density at radius 1 is 1.33 bits per heavy atom. The Balaban J connectivity index is 1.87. The quantitative estimate of drug-likeness (QED) is 0.868. The van der Waals surface area contributed by atoms with Gasteiger partial charge in [-0.2, -0.15) is 0 Å². The normalized spacial score (nSPS) is 16.6. The number of aromatic nitrogens is 2. The maximum atomic E-state index is 12.3. The van der Waals surface area contributed by atoms with E-state index in [-0.39, 0.29) is 11.2 Å². The van der Waals surface area contributed by atoms with Crippen LogP contribution in [0.3, 0.4) is 0 Å². The lowest BCUT2D eigenvalue weighted by Crippen LogP contribution is -2.27. The van der Waals surface area contributed by atoms with Gasteiger partial charge in [-0.05, 0) is 17.4 Å². The molecule has 0 bridgehead atoms. The van der Waals surface area contributed by atoms with Gasteiger partial charge in [0.05, 0.1) is 18.4 Å². The molecule has 2 aromatic heterocycles. The fourth-order valence-electron chi connectivity index (χ4n) is 2.78. The fraction of sp³-hybridized carbons (Fsp3) is 0.438. The van der Waals surface area contributed by atoms with Gasteiger partial charge in [0.2, 0.25) is 5.88 Å². The molecule has 0 aliphatic heterocycles. The molecule has 0 saturated heterocycles. The van der Waals surface area contributed by atoms with Crippen LogP contribution in [0.15, 0.2) is 22.9 Å². The number of ether oxygens (including phenoxy) is 1. The molecule has 0 fully saturated rings. The summed E-state index contributed by atoms with van der Waals surface area (Å²) in [6.07, 6.45) is 3.56. The monoisotopic (exact) mass is 286 g/mol. The summed E-state index contributed by atoms with van der Waals surface area (Å²) in [6, 6.07) is 3.71. The molecule has 5 nitrogen and oxygen atoms in total. The van der Waals surface area contributed by atoms with Crippen molar-refractivity contribution >= 4 is 5.78 Å². The second-order valence-electron chi connectivity index (χ2n) is 6.25. The number of rotatable bonds is 3. The number of nitrogens with zero attached hydrogens (tertiary/aromatic N) is 2. The van der Waals surface area contributed by atoms with Crippen molar-refractivity contribution in [1.82, 2.24) is 10.1 Å². The van der Waals surface area contributed by atoms with Crippen LogP contribution < -0.4 is 4.74 Å². The molecule has 3 rings (SSSR count). The van der Waals surface area contributed by atoms with Crippen molar-refractivity contribution in [3.63, 3.8) is 0 Å². The zero-order valence-corrected chi connectivity index (χ0v) is 12.5. The number of ketones is 1. The first-order chi connectivity index (χ1) is 9.98. The molecule has 0 aromatic carbocycles. The fourth-order valence-corrected chi connectivity index (χ4v) is 2.78. The Hall–Kier alpha value is -2.17. The molecule has 0 spiro atoms. The summed E-state index contributed by atoms with van der Waals surface area (Å²) in [4.78, 5) is 16.5. The number of pyridine rings is 1. The number of hydrogen-bond donors (Lipinski definition) is 0. The van der Waals surface area contributed by atoms with Crippen LogP contribution in [0.1, 0.15) is 47.6 Å². The zero-order chi connectivity index (χ0) is 15.0. The second kappa shape index (κ2) is 4.98. The second-order valence-corrected chi connectivity index (χ2v) is 6.25. The average molecular weight is 286 g/mol. The highest BCUT2D eigenvalue weighted by atomic mass is 16.5. The van der Waals surface area contributed by atoms with Crippen molar-refractivity contribution in [2.24, 2.45) is 5.41 Å². The Bertz CT molecular complexity index is 671. The topological polar surface area (TPSA) is 65.2 Å². The van der Waals surface area contributed by atoms with Crippen LogP contribution in [0.25, 0.3) is 0 Å². The number of methoxy groups -OCH3 is 1. The lowest BCUT2D eigenvalue weighted by molar-refractivity contribution is 0.0911. The van der Waals surface area contributed by atoms with Crippen molar-refractivity contribution in [2.45, 2.75) is 33.1 Å². The van der Waals surface area contributed by atoms with Crippen LogP contribution in [0.4, 0.5) is 0 Å². The summed E-state index contributed by atoms with van der Waals surface area (Å²) in [5, 5.41) is 4.09. The standard InChI is InChI=1S/C16H18N2O3/c1-16(2)7-11-15(12(19)8-16)13(21-18-11)6-10-4-5-14(20-3)17-9-10/h4-5,9H,6-8H2,1-3H3. The maximum Gasteiger partial charge on any atom is 0.212 e. The van der Waals surface area contributed by atoms with E-state index in [9.17, 15) is 4.79 Å². The van der Waals surface area contributed by atoms with E-state index in [0.717, 1.165) is 17.7 Å². The smallest absolute Gasteiger partial charge is 0.212 e. The molecule has 0 radical (unpaired) electrons. The largest absolute Gasteiger partial charge is 0.481 e. The van der Waals surface area contributed by atoms with Gasteiger partial charge in [0, 0.05) is 25.1 Å². The summed E-state index contributed by atoms with van der Waals surface area (Å²) in [5.41, 5.74) is 2.38. The van der Waals surface area contributed by atoms with Gasteiger partial charge in [-0.1, -0.05) is 25.1 Å². The number of fused-ring (bicyclic) bond motifs is 1. The summed E-state index contributed by atoms with van der Waals surface area (Å²) in [6.45, 7) is 4.16. The van der Waals surface area contributed by atoms with E-state index in [4.69, 9.17) is 9.26 Å². The maximum absolute atomic E-state index is 12.3. The van der Waals surface area contributed by atoms with Crippen LogP contribution in [-0.4, -0.2) is 23.0 Å². The van der Waals surface area contributed by atoms with E-state index in [1.807, 2.05) is 6.07 Å². The Morgan fingerprint density at radius 2 is 2.14 bits per heavy atom. The van der Waals surface area contributed by atoms with Crippen LogP contribution in [0.5, 0.6) is 5.88 Å². The first-order valence-corrected chi connectivity index (χ1v) is 6.98. The molecule has 0 unspecified atom stereocenters. The van der Waals surface area contributed by atoms with E-state index in [0.29, 0.717) is 30.0 Å². The predicted octanol–water partition coefficient (Wildman–Crippen LogP) is 2.82. The lowest BCUT2D eigenvalue weighted by atomic mass is 9.75. The van der Waals surface area contributed by atoms with Crippen molar-refractivity contribution < 1.29 is 14.1 Å². The van der Waals surface area contributed by atoms with Gasteiger partial charge in [-0.25, -0.2) is 4.98 Å². The zero-order valence-electron chi connectivity index (χ0n) is 12.5. The van der Waals surface area contributed by atoms with Gasteiger partial charge < -0.3 is 9.26 Å². The lowest BCUT2D eigenvalue weighted by Gasteiger charge is -2.26. The first kappa shape index (κ1) is 13.8. The van der Waals surface area contributed by atoms with Gasteiger partial charge >= 0.3 is 0 Å². The third kappa shape index (κ3) is 2.68. The summed E-state index contributed by atoms with van der Waals surface area (Å²) < 4.78 is 10.4. The molecule has 1 aliphatic carbocycles. The third-order valence-corrected chi connectivity index (χ3v) is 3.77. The third-order valence-electron chi connectivity index (χ3n) is 3.77.